The standard InChI is InChI=1S/C24H18O4S/c25-21-13-11-17(12-14-21)20-15-22(18-7-3-1-4-8-18)24(29(26,27)28)23(16-20)19-9-5-2-6-10-19/h1-16,25H,(H,26,27,28). The van der Waals surface area contributed by atoms with Crippen molar-refractivity contribution in [3.05, 3.63) is 97.1 Å². The molecule has 29 heavy (non-hydrogen) atoms. The molecule has 0 spiro atoms. The minimum Gasteiger partial charge on any atom is -0.508 e. The van der Waals surface area contributed by atoms with Gasteiger partial charge in [-0.25, -0.2) is 0 Å². The third-order valence-corrected chi connectivity index (χ3v) is 5.67. The topological polar surface area (TPSA) is 74.6 Å². The number of hydrogen-bond acceptors (Lipinski definition) is 3. The van der Waals surface area contributed by atoms with E-state index in [0.29, 0.717) is 22.3 Å². The monoisotopic (exact) mass is 402 g/mol. The summed E-state index contributed by atoms with van der Waals surface area (Å²) in [4.78, 5) is -0.127. The van der Waals surface area contributed by atoms with Crippen molar-refractivity contribution in [3.8, 4) is 39.1 Å². The van der Waals surface area contributed by atoms with Crippen LogP contribution in [0, 0.1) is 0 Å². The van der Waals surface area contributed by atoms with Crippen LogP contribution < -0.4 is 0 Å². The molecule has 2 N–H and O–H groups in total. The van der Waals surface area contributed by atoms with E-state index in [2.05, 4.69) is 0 Å². The fourth-order valence-corrected chi connectivity index (χ4v) is 4.30. The molecule has 0 radical (unpaired) electrons. The van der Waals surface area contributed by atoms with Crippen LogP contribution in [0.3, 0.4) is 0 Å². The van der Waals surface area contributed by atoms with Crippen molar-refractivity contribution in [3.63, 3.8) is 0 Å². The Morgan fingerprint density at radius 1 is 0.552 bits per heavy atom. The second kappa shape index (κ2) is 7.54. The van der Waals surface area contributed by atoms with Gasteiger partial charge in [-0.05, 0) is 46.5 Å². The van der Waals surface area contributed by atoms with Crippen molar-refractivity contribution in [1.29, 1.82) is 0 Å². The molecule has 5 heteroatoms. The highest BCUT2D eigenvalue weighted by molar-refractivity contribution is 7.86. The maximum Gasteiger partial charge on any atom is 0.295 e. The second-order valence-electron chi connectivity index (χ2n) is 6.65. The quantitative estimate of drug-likeness (QED) is 0.433. The summed E-state index contributed by atoms with van der Waals surface area (Å²) in [7, 11) is -4.51. The highest BCUT2D eigenvalue weighted by Crippen LogP contribution is 2.40. The van der Waals surface area contributed by atoms with Gasteiger partial charge in [0.05, 0.1) is 0 Å². The normalized spacial score (nSPS) is 11.3. The Bertz CT molecular complexity index is 1190. The van der Waals surface area contributed by atoms with Crippen molar-refractivity contribution in [2.45, 2.75) is 4.90 Å². The number of aromatic hydroxyl groups is 1. The van der Waals surface area contributed by atoms with Crippen LogP contribution in [-0.4, -0.2) is 18.1 Å². The van der Waals surface area contributed by atoms with Crippen molar-refractivity contribution < 1.29 is 18.1 Å². The van der Waals surface area contributed by atoms with Crippen LogP contribution in [-0.2, 0) is 10.1 Å². The van der Waals surface area contributed by atoms with Crippen molar-refractivity contribution in [2.24, 2.45) is 0 Å². The average molecular weight is 402 g/mol. The van der Waals surface area contributed by atoms with Gasteiger partial charge in [0.15, 0.2) is 0 Å². The lowest BCUT2D eigenvalue weighted by atomic mass is 9.93. The Balaban J connectivity index is 2.10. The molecule has 0 bridgehead atoms. The highest BCUT2D eigenvalue weighted by atomic mass is 32.2. The fraction of sp³-hybridized carbons (Fsp3) is 0. The third kappa shape index (κ3) is 3.92. The zero-order valence-corrected chi connectivity index (χ0v) is 16.2. The summed E-state index contributed by atoms with van der Waals surface area (Å²) in [6.45, 7) is 0. The van der Waals surface area contributed by atoms with Crippen LogP contribution in [0.4, 0.5) is 0 Å². The van der Waals surface area contributed by atoms with Crippen molar-refractivity contribution >= 4 is 10.1 Å². The van der Waals surface area contributed by atoms with Gasteiger partial charge < -0.3 is 5.11 Å². The van der Waals surface area contributed by atoms with E-state index in [4.69, 9.17) is 0 Å². The summed E-state index contributed by atoms with van der Waals surface area (Å²) in [5.74, 6) is 0.148. The molecule has 144 valence electrons. The first-order valence-electron chi connectivity index (χ1n) is 8.99. The van der Waals surface area contributed by atoms with E-state index in [0.717, 1.165) is 11.1 Å². The average Bonchev–Trinajstić information content (AvgIpc) is 2.74. The molecule has 0 unspecified atom stereocenters. The van der Waals surface area contributed by atoms with E-state index >= 15 is 0 Å². The second-order valence-corrected chi connectivity index (χ2v) is 8.01. The summed E-state index contributed by atoms with van der Waals surface area (Å²) in [6, 6.07) is 28.4. The van der Waals surface area contributed by atoms with E-state index in [-0.39, 0.29) is 10.6 Å². The first-order chi connectivity index (χ1) is 13.9. The van der Waals surface area contributed by atoms with Crippen LogP contribution in [0.15, 0.2) is 102 Å². The molecule has 4 aromatic carbocycles. The van der Waals surface area contributed by atoms with E-state index in [1.54, 1.807) is 60.7 Å². The molecule has 0 atom stereocenters. The largest absolute Gasteiger partial charge is 0.508 e. The Morgan fingerprint density at radius 2 is 1.00 bits per heavy atom. The van der Waals surface area contributed by atoms with Gasteiger partial charge in [-0.15, -0.1) is 0 Å². The third-order valence-electron chi connectivity index (χ3n) is 4.72. The molecule has 0 saturated carbocycles. The summed E-state index contributed by atoms with van der Waals surface area (Å²) < 4.78 is 35.0. The molecule has 0 aliphatic rings. The van der Waals surface area contributed by atoms with E-state index < -0.39 is 10.1 Å². The van der Waals surface area contributed by atoms with E-state index in [9.17, 15) is 18.1 Å². The molecule has 0 aliphatic carbocycles. The van der Waals surface area contributed by atoms with Gasteiger partial charge in [0.1, 0.15) is 10.6 Å². The van der Waals surface area contributed by atoms with Gasteiger partial charge >= 0.3 is 0 Å². The molecule has 4 nitrogen and oxygen atoms in total. The highest BCUT2D eigenvalue weighted by Gasteiger charge is 2.24. The molecule has 4 aromatic rings. The van der Waals surface area contributed by atoms with Gasteiger partial charge in [0.2, 0.25) is 0 Å². The molecule has 4 rings (SSSR count). The Hall–Kier alpha value is -3.41. The SMILES string of the molecule is O=S(=O)(O)c1c(-c2ccccc2)cc(-c2ccc(O)cc2)cc1-c1ccccc1. The Morgan fingerprint density at radius 3 is 1.41 bits per heavy atom. The maximum atomic E-state index is 12.4. The van der Waals surface area contributed by atoms with Crippen LogP contribution >= 0.6 is 0 Å². The maximum absolute atomic E-state index is 12.4. The number of rotatable bonds is 4. The van der Waals surface area contributed by atoms with Crippen molar-refractivity contribution in [2.75, 3.05) is 0 Å². The minimum absolute atomic E-state index is 0.127. The molecule has 0 amide bonds. The molecule has 0 fully saturated rings. The van der Waals surface area contributed by atoms with Gasteiger partial charge in [0, 0.05) is 11.1 Å². The lowest BCUT2D eigenvalue weighted by molar-refractivity contribution is 0.475. The van der Waals surface area contributed by atoms with E-state index in [1.807, 2.05) is 36.4 Å². The lowest BCUT2D eigenvalue weighted by Gasteiger charge is -2.16. The van der Waals surface area contributed by atoms with Gasteiger partial charge in [-0.2, -0.15) is 8.42 Å². The van der Waals surface area contributed by atoms with Gasteiger partial charge in [-0.3, -0.25) is 4.55 Å². The minimum atomic E-state index is -4.51. The molecule has 0 aliphatic heterocycles. The van der Waals surface area contributed by atoms with Crippen LogP contribution in [0.5, 0.6) is 5.75 Å². The summed E-state index contributed by atoms with van der Waals surface area (Å²) in [5.41, 5.74) is 3.78. The molecule has 0 heterocycles. The number of benzene rings is 4. The summed E-state index contributed by atoms with van der Waals surface area (Å²) >= 11 is 0. The first-order valence-corrected chi connectivity index (χ1v) is 10.4. The lowest BCUT2D eigenvalue weighted by Crippen LogP contribution is -2.04. The summed E-state index contributed by atoms with van der Waals surface area (Å²) in [6.07, 6.45) is 0. The number of phenols is 1. The fourth-order valence-electron chi connectivity index (χ4n) is 3.39. The van der Waals surface area contributed by atoms with Gasteiger partial charge in [0.25, 0.3) is 10.1 Å². The molecule has 0 aromatic heterocycles. The Kier molecular flexibility index (Phi) is 4.92. The van der Waals surface area contributed by atoms with Gasteiger partial charge in [-0.1, -0.05) is 72.8 Å². The van der Waals surface area contributed by atoms with E-state index in [1.165, 1.54) is 0 Å². The predicted octanol–water partition coefficient (Wildman–Crippen LogP) is 5.64. The Labute approximate surface area is 169 Å². The summed E-state index contributed by atoms with van der Waals surface area (Å²) in [5, 5.41) is 9.61. The number of hydrogen-bond donors (Lipinski definition) is 2. The molecule has 0 saturated heterocycles. The smallest absolute Gasteiger partial charge is 0.295 e. The zero-order valence-electron chi connectivity index (χ0n) is 15.4. The van der Waals surface area contributed by atoms with Crippen LogP contribution in [0.1, 0.15) is 0 Å². The zero-order chi connectivity index (χ0) is 20.4. The first kappa shape index (κ1) is 18.9. The molecular formula is C24H18O4S. The van der Waals surface area contributed by atoms with Crippen LogP contribution in [0.25, 0.3) is 33.4 Å². The van der Waals surface area contributed by atoms with Crippen LogP contribution in [0.2, 0.25) is 0 Å². The van der Waals surface area contributed by atoms with Crippen molar-refractivity contribution in [1.82, 2.24) is 0 Å². The molecular weight excluding hydrogens is 384 g/mol. The predicted molar refractivity (Wildman–Crippen MR) is 114 cm³/mol. The number of phenolic OH excluding ortho intramolecular Hbond substituents is 1.